The number of nitrogen functional groups attached to an aromatic ring is 1. The minimum absolute atomic E-state index is 0.00799. The number of anilines is 1. The number of ether oxygens (including phenoxy) is 2. The molecule has 3 N–H and O–H groups in total. The third-order valence-electron chi connectivity index (χ3n) is 3.41. The van der Waals surface area contributed by atoms with E-state index in [9.17, 15) is 4.79 Å². The number of methoxy groups -OCH3 is 1. The zero-order valence-corrected chi connectivity index (χ0v) is 14.8. The molecule has 3 aromatic rings. The number of carbonyl (C=O) groups is 1. The van der Waals surface area contributed by atoms with Gasteiger partial charge in [-0.15, -0.1) is 0 Å². The Morgan fingerprint density at radius 1 is 1.27 bits per heavy atom. The second kappa shape index (κ2) is 8.02. The molecule has 2 aromatic heterocycles. The Balaban J connectivity index is 2.10. The molecule has 1 aromatic carbocycles. The Kier molecular flexibility index (Phi) is 5.54. The number of hydrogen-bond donors (Lipinski definition) is 2. The zero-order chi connectivity index (χ0) is 18.5. The number of aliphatic hydroxyl groups is 1. The summed E-state index contributed by atoms with van der Waals surface area (Å²) >= 11 is 1.27. The monoisotopic (exact) mass is 375 g/mol. The maximum absolute atomic E-state index is 11.6. The number of nitrogens with zero attached hydrogens (tertiary/aromatic N) is 4. The molecular formula is C16H17N5O4S. The average Bonchev–Trinajstić information content (AvgIpc) is 2.98. The highest BCUT2D eigenvalue weighted by molar-refractivity contribution is 7.99. The molecule has 0 saturated heterocycles. The standard InChI is InChI=1S/C16H17N5O4S/c1-24-16(23)25-15-18-11-12(17)19-14(26-8-7-22)20-13(11)21(15)9-10-5-3-2-4-6-10/h2-6,22H,7-9H2,1H3,(H2,17,19,20). The van der Waals surface area contributed by atoms with Crippen molar-refractivity contribution in [3.63, 3.8) is 0 Å². The van der Waals surface area contributed by atoms with Gasteiger partial charge in [0.1, 0.15) is 0 Å². The largest absolute Gasteiger partial charge is 0.516 e. The van der Waals surface area contributed by atoms with E-state index in [-0.39, 0.29) is 18.4 Å². The van der Waals surface area contributed by atoms with E-state index in [0.29, 0.717) is 28.6 Å². The molecule has 0 radical (unpaired) electrons. The molecule has 0 atom stereocenters. The van der Waals surface area contributed by atoms with Crippen LogP contribution in [-0.4, -0.2) is 50.3 Å². The lowest BCUT2D eigenvalue weighted by Crippen LogP contribution is -2.12. The summed E-state index contributed by atoms with van der Waals surface area (Å²) in [5.41, 5.74) is 7.71. The van der Waals surface area contributed by atoms with Gasteiger partial charge < -0.3 is 20.3 Å². The summed E-state index contributed by atoms with van der Waals surface area (Å²) in [6.45, 7) is 0.357. The normalized spacial score (nSPS) is 10.8. The fourth-order valence-electron chi connectivity index (χ4n) is 2.29. The molecular weight excluding hydrogens is 358 g/mol. The van der Waals surface area contributed by atoms with E-state index < -0.39 is 6.16 Å². The van der Waals surface area contributed by atoms with Gasteiger partial charge in [0, 0.05) is 5.75 Å². The molecule has 9 nitrogen and oxygen atoms in total. The quantitative estimate of drug-likeness (QED) is 0.376. The molecule has 10 heteroatoms. The van der Waals surface area contributed by atoms with Gasteiger partial charge in [-0.05, 0) is 5.56 Å². The topological polar surface area (TPSA) is 125 Å². The highest BCUT2D eigenvalue weighted by Crippen LogP contribution is 2.27. The third kappa shape index (κ3) is 3.86. The van der Waals surface area contributed by atoms with Crippen molar-refractivity contribution in [2.24, 2.45) is 0 Å². The summed E-state index contributed by atoms with van der Waals surface area (Å²) in [6, 6.07) is 9.59. The fourth-order valence-corrected chi connectivity index (χ4v) is 2.87. The van der Waals surface area contributed by atoms with Crippen molar-refractivity contribution in [3.8, 4) is 6.01 Å². The first-order valence-electron chi connectivity index (χ1n) is 7.69. The van der Waals surface area contributed by atoms with Crippen LogP contribution in [-0.2, 0) is 11.3 Å². The minimum Gasteiger partial charge on any atom is -0.437 e. The second-order valence-corrected chi connectivity index (χ2v) is 6.22. The summed E-state index contributed by atoms with van der Waals surface area (Å²) in [7, 11) is 1.21. The van der Waals surface area contributed by atoms with Crippen LogP contribution in [0.1, 0.15) is 5.56 Å². The SMILES string of the molecule is COC(=O)Oc1nc2c(N)nc(SCCO)nc2n1Cc1ccccc1. The third-order valence-corrected chi connectivity index (χ3v) is 4.24. The smallest absolute Gasteiger partial charge is 0.437 e. The van der Waals surface area contributed by atoms with E-state index in [1.54, 1.807) is 4.57 Å². The number of carbonyl (C=O) groups excluding carboxylic acids is 1. The fraction of sp³-hybridized carbons (Fsp3) is 0.250. The molecule has 0 unspecified atom stereocenters. The highest BCUT2D eigenvalue weighted by Gasteiger charge is 2.20. The Labute approximate surface area is 153 Å². The number of hydrogen-bond acceptors (Lipinski definition) is 9. The van der Waals surface area contributed by atoms with Crippen LogP contribution in [0.5, 0.6) is 6.01 Å². The van der Waals surface area contributed by atoms with Gasteiger partial charge in [0.2, 0.25) is 0 Å². The molecule has 3 rings (SSSR count). The molecule has 0 fully saturated rings. The molecule has 2 heterocycles. The van der Waals surface area contributed by atoms with E-state index in [0.717, 1.165) is 5.56 Å². The van der Waals surface area contributed by atoms with Crippen LogP contribution < -0.4 is 10.5 Å². The Morgan fingerprint density at radius 3 is 2.73 bits per heavy atom. The van der Waals surface area contributed by atoms with Gasteiger partial charge in [0.15, 0.2) is 22.1 Å². The number of rotatable bonds is 6. The molecule has 0 saturated carbocycles. The van der Waals surface area contributed by atoms with E-state index in [1.807, 2.05) is 30.3 Å². The number of fused-ring (bicyclic) bond motifs is 1. The molecule has 0 aliphatic carbocycles. The molecule has 136 valence electrons. The number of nitrogens with two attached hydrogens (primary N) is 1. The van der Waals surface area contributed by atoms with Gasteiger partial charge in [-0.1, -0.05) is 42.1 Å². The van der Waals surface area contributed by atoms with Crippen LogP contribution in [0.4, 0.5) is 10.6 Å². The van der Waals surface area contributed by atoms with Crippen molar-refractivity contribution in [2.75, 3.05) is 25.2 Å². The first-order chi connectivity index (χ1) is 12.6. The number of aromatic nitrogens is 4. The maximum atomic E-state index is 11.6. The Bertz CT molecular complexity index is 916. The lowest BCUT2D eigenvalue weighted by atomic mass is 10.2. The van der Waals surface area contributed by atoms with Crippen molar-refractivity contribution in [3.05, 3.63) is 35.9 Å². The number of imidazole rings is 1. The molecule has 0 aliphatic heterocycles. The molecule has 0 spiro atoms. The van der Waals surface area contributed by atoms with Gasteiger partial charge in [0.25, 0.3) is 0 Å². The Morgan fingerprint density at radius 2 is 2.04 bits per heavy atom. The van der Waals surface area contributed by atoms with Gasteiger partial charge in [0.05, 0.1) is 20.3 Å². The van der Waals surface area contributed by atoms with Crippen LogP contribution in [0.2, 0.25) is 0 Å². The average molecular weight is 375 g/mol. The van der Waals surface area contributed by atoms with E-state index in [4.69, 9.17) is 15.6 Å². The van der Waals surface area contributed by atoms with Crippen molar-refractivity contribution in [1.29, 1.82) is 0 Å². The predicted molar refractivity (Wildman–Crippen MR) is 96.1 cm³/mol. The summed E-state index contributed by atoms with van der Waals surface area (Å²) in [5.74, 6) is 0.598. The van der Waals surface area contributed by atoms with E-state index in [2.05, 4.69) is 19.7 Å². The maximum Gasteiger partial charge on any atom is 0.516 e. The van der Waals surface area contributed by atoms with Crippen molar-refractivity contribution < 1.29 is 19.4 Å². The van der Waals surface area contributed by atoms with Gasteiger partial charge >= 0.3 is 12.2 Å². The van der Waals surface area contributed by atoms with Gasteiger partial charge in [-0.25, -0.2) is 14.8 Å². The lowest BCUT2D eigenvalue weighted by Gasteiger charge is -2.08. The zero-order valence-electron chi connectivity index (χ0n) is 14.0. The molecule has 0 aliphatic rings. The number of benzene rings is 1. The van der Waals surface area contributed by atoms with Crippen LogP contribution in [0.25, 0.3) is 11.2 Å². The summed E-state index contributed by atoms with van der Waals surface area (Å²) in [6.07, 6.45) is -0.893. The summed E-state index contributed by atoms with van der Waals surface area (Å²) in [5, 5.41) is 9.40. The number of aliphatic hydroxyl groups excluding tert-OH is 1. The van der Waals surface area contributed by atoms with Crippen LogP contribution in [0, 0.1) is 0 Å². The molecule has 0 bridgehead atoms. The predicted octanol–water partition coefficient (Wildman–Crippen LogP) is 1.69. The van der Waals surface area contributed by atoms with E-state index in [1.165, 1.54) is 18.9 Å². The van der Waals surface area contributed by atoms with Gasteiger partial charge in [-0.3, -0.25) is 4.57 Å². The lowest BCUT2D eigenvalue weighted by molar-refractivity contribution is 0.116. The van der Waals surface area contributed by atoms with Crippen LogP contribution >= 0.6 is 11.8 Å². The minimum atomic E-state index is -0.893. The molecule has 0 amide bonds. The van der Waals surface area contributed by atoms with Crippen LogP contribution in [0.15, 0.2) is 35.5 Å². The first-order valence-corrected chi connectivity index (χ1v) is 8.68. The van der Waals surface area contributed by atoms with Gasteiger partial charge in [-0.2, -0.15) is 4.98 Å². The number of thioether (sulfide) groups is 1. The van der Waals surface area contributed by atoms with Crippen molar-refractivity contribution >= 4 is 34.9 Å². The van der Waals surface area contributed by atoms with Crippen molar-refractivity contribution in [2.45, 2.75) is 11.7 Å². The van der Waals surface area contributed by atoms with Crippen LogP contribution in [0.3, 0.4) is 0 Å². The van der Waals surface area contributed by atoms with E-state index >= 15 is 0 Å². The molecule has 26 heavy (non-hydrogen) atoms. The summed E-state index contributed by atoms with van der Waals surface area (Å²) in [4.78, 5) is 24.4. The highest BCUT2D eigenvalue weighted by atomic mass is 32.2. The van der Waals surface area contributed by atoms with Crippen molar-refractivity contribution in [1.82, 2.24) is 19.5 Å². The first kappa shape index (κ1) is 18.0. The Hall–Kier alpha value is -2.85. The summed E-state index contributed by atoms with van der Waals surface area (Å²) < 4.78 is 11.3. The second-order valence-electron chi connectivity index (χ2n) is 5.16.